The van der Waals surface area contributed by atoms with Crippen molar-refractivity contribution in [1.29, 1.82) is 0 Å². The van der Waals surface area contributed by atoms with Gasteiger partial charge in [-0.3, -0.25) is 0 Å². The Morgan fingerprint density at radius 1 is 1.62 bits per heavy atom. The van der Waals surface area contributed by atoms with Gasteiger partial charge in [0.1, 0.15) is 0 Å². The molecule has 0 aromatic carbocycles. The van der Waals surface area contributed by atoms with E-state index in [-0.39, 0.29) is 0 Å². The molecule has 8 heavy (non-hydrogen) atoms. The average molecular weight is 108 g/mol. The molecule has 0 fully saturated rings. The summed E-state index contributed by atoms with van der Waals surface area (Å²) in [5.74, 6) is 0.763. The van der Waals surface area contributed by atoms with Crippen molar-refractivity contribution in [2.24, 2.45) is 5.92 Å². The van der Waals surface area contributed by atoms with Crippen LogP contribution in [-0.4, -0.2) is 0 Å². The van der Waals surface area contributed by atoms with E-state index in [1.54, 1.807) is 0 Å². The fourth-order valence-electron chi connectivity index (χ4n) is 0.834. The second-order valence-electron chi connectivity index (χ2n) is 2.52. The van der Waals surface area contributed by atoms with Gasteiger partial charge >= 0.3 is 0 Å². The monoisotopic (exact) mass is 108 g/mol. The fraction of sp³-hybridized carbons (Fsp3) is 0.500. The molecule has 0 unspecified atom stereocenters. The van der Waals surface area contributed by atoms with E-state index >= 15 is 0 Å². The molecule has 0 radical (unpaired) electrons. The molecule has 0 saturated heterocycles. The van der Waals surface area contributed by atoms with Crippen LogP contribution < -0.4 is 0 Å². The molecule has 1 atom stereocenters. The molecule has 0 bridgehead atoms. The minimum atomic E-state index is 0.763. The molecule has 1 rings (SSSR count). The van der Waals surface area contributed by atoms with Gasteiger partial charge in [0.2, 0.25) is 0 Å². The third kappa shape index (κ3) is 1.22. The van der Waals surface area contributed by atoms with E-state index in [2.05, 4.69) is 32.1 Å². The molecule has 0 aromatic rings. The Morgan fingerprint density at radius 2 is 2.38 bits per heavy atom. The zero-order valence-electron chi connectivity index (χ0n) is 5.52. The third-order valence-corrected chi connectivity index (χ3v) is 1.50. The van der Waals surface area contributed by atoms with Gasteiger partial charge in [0.05, 0.1) is 0 Å². The molecule has 0 nitrogen and oxygen atoms in total. The van der Waals surface area contributed by atoms with E-state index in [0.717, 1.165) is 5.92 Å². The topological polar surface area (TPSA) is 0 Å². The van der Waals surface area contributed by atoms with E-state index in [4.69, 9.17) is 0 Å². The highest BCUT2D eigenvalue weighted by atomic mass is 14.0. The molecular formula is C8H12. The summed E-state index contributed by atoms with van der Waals surface area (Å²) in [6.45, 7) is 4.38. The normalized spacial score (nSPS) is 27.8. The van der Waals surface area contributed by atoms with Crippen LogP contribution in [0.2, 0.25) is 0 Å². The number of allylic oxidation sites excluding steroid dienone is 4. The van der Waals surface area contributed by atoms with Crippen molar-refractivity contribution in [2.45, 2.75) is 20.3 Å². The number of rotatable bonds is 0. The molecule has 0 spiro atoms. The summed E-state index contributed by atoms with van der Waals surface area (Å²) in [6, 6.07) is 0. The van der Waals surface area contributed by atoms with Crippen LogP contribution >= 0.6 is 0 Å². The van der Waals surface area contributed by atoms with Crippen LogP contribution in [0.25, 0.3) is 0 Å². The van der Waals surface area contributed by atoms with Crippen LogP contribution in [0.5, 0.6) is 0 Å². The molecule has 1 aliphatic carbocycles. The second kappa shape index (κ2) is 2.17. The lowest BCUT2D eigenvalue weighted by atomic mass is 10.00. The highest BCUT2D eigenvalue weighted by molar-refractivity contribution is 5.20. The summed E-state index contributed by atoms with van der Waals surface area (Å²) in [4.78, 5) is 0. The van der Waals surface area contributed by atoms with E-state index in [0.29, 0.717) is 0 Å². The Morgan fingerprint density at radius 3 is 2.75 bits per heavy atom. The van der Waals surface area contributed by atoms with Crippen molar-refractivity contribution in [3.05, 3.63) is 23.8 Å². The minimum Gasteiger partial charge on any atom is -0.0811 e. The number of hydrogen-bond acceptors (Lipinski definition) is 0. The first-order chi connectivity index (χ1) is 3.79. The van der Waals surface area contributed by atoms with Crippen LogP contribution in [0.3, 0.4) is 0 Å². The Kier molecular flexibility index (Phi) is 1.52. The van der Waals surface area contributed by atoms with Crippen LogP contribution in [0, 0.1) is 5.92 Å². The molecule has 0 saturated carbocycles. The van der Waals surface area contributed by atoms with Gasteiger partial charge in [-0.15, -0.1) is 0 Å². The van der Waals surface area contributed by atoms with Crippen molar-refractivity contribution in [1.82, 2.24) is 0 Å². The largest absolute Gasteiger partial charge is 0.0811 e. The fourth-order valence-corrected chi connectivity index (χ4v) is 0.834. The minimum absolute atomic E-state index is 0.763. The van der Waals surface area contributed by atoms with Gasteiger partial charge in [0.25, 0.3) is 0 Å². The zero-order valence-corrected chi connectivity index (χ0v) is 5.52. The highest BCUT2D eigenvalue weighted by Gasteiger charge is 1.97. The SMILES string of the molecule is CC1=CC[C@H](C)C=C1. The molecule has 1 aliphatic rings. The Hall–Kier alpha value is -0.520. The first-order valence-electron chi connectivity index (χ1n) is 3.14. The predicted molar refractivity (Wildman–Crippen MR) is 36.7 cm³/mol. The first-order valence-corrected chi connectivity index (χ1v) is 3.14. The van der Waals surface area contributed by atoms with Crippen molar-refractivity contribution >= 4 is 0 Å². The Bertz CT molecular complexity index is 129. The van der Waals surface area contributed by atoms with Crippen molar-refractivity contribution in [3.8, 4) is 0 Å². The Labute approximate surface area is 50.9 Å². The lowest BCUT2D eigenvalue weighted by Crippen LogP contribution is -1.91. The molecular weight excluding hydrogens is 96.1 g/mol. The van der Waals surface area contributed by atoms with Gasteiger partial charge < -0.3 is 0 Å². The molecule has 0 aliphatic heterocycles. The van der Waals surface area contributed by atoms with E-state index < -0.39 is 0 Å². The summed E-state index contributed by atoms with van der Waals surface area (Å²) in [7, 11) is 0. The maximum atomic E-state index is 2.28. The van der Waals surface area contributed by atoms with Crippen molar-refractivity contribution < 1.29 is 0 Å². The van der Waals surface area contributed by atoms with Gasteiger partial charge in [-0.25, -0.2) is 0 Å². The van der Waals surface area contributed by atoms with Gasteiger partial charge in [0.15, 0.2) is 0 Å². The van der Waals surface area contributed by atoms with Crippen molar-refractivity contribution in [2.75, 3.05) is 0 Å². The molecule has 44 valence electrons. The zero-order chi connectivity index (χ0) is 5.98. The lowest BCUT2D eigenvalue weighted by molar-refractivity contribution is 0.731. The maximum absolute atomic E-state index is 2.28. The Balaban J connectivity index is 2.58. The number of hydrogen-bond donors (Lipinski definition) is 0. The third-order valence-electron chi connectivity index (χ3n) is 1.50. The van der Waals surface area contributed by atoms with Crippen LogP contribution in [-0.2, 0) is 0 Å². The average Bonchev–Trinajstić information content (AvgIpc) is 1.77. The highest BCUT2D eigenvalue weighted by Crippen LogP contribution is 2.13. The summed E-state index contributed by atoms with van der Waals surface area (Å²) < 4.78 is 0. The van der Waals surface area contributed by atoms with Gasteiger partial charge in [-0.05, 0) is 19.3 Å². The van der Waals surface area contributed by atoms with Gasteiger partial charge in [0, 0.05) is 0 Å². The lowest BCUT2D eigenvalue weighted by Gasteiger charge is -2.06. The van der Waals surface area contributed by atoms with Crippen LogP contribution in [0.4, 0.5) is 0 Å². The molecule has 0 amide bonds. The van der Waals surface area contributed by atoms with E-state index in [9.17, 15) is 0 Å². The van der Waals surface area contributed by atoms with Crippen molar-refractivity contribution in [3.63, 3.8) is 0 Å². The summed E-state index contributed by atoms with van der Waals surface area (Å²) in [5.41, 5.74) is 1.41. The standard InChI is InChI=1S/C8H12/c1-7-3-5-8(2)6-4-7/h3-5,8H,6H2,1-2H3/t8-/m1/s1. The van der Waals surface area contributed by atoms with Gasteiger partial charge in [-0.1, -0.05) is 30.7 Å². The maximum Gasteiger partial charge on any atom is -0.0224 e. The van der Waals surface area contributed by atoms with Crippen LogP contribution in [0.1, 0.15) is 20.3 Å². The quantitative estimate of drug-likeness (QED) is 0.447. The molecule has 0 N–H and O–H groups in total. The van der Waals surface area contributed by atoms with E-state index in [1.165, 1.54) is 12.0 Å². The molecule has 0 heteroatoms. The van der Waals surface area contributed by atoms with Gasteiger partial charge in [-0.2, -0.15) is 0 Å². The summed E-state index contributed by atoms with van der Waals surface area (Å²) >= 11 is 0. The molecule has 0 aromatic heterocycles. The smallest absolute Gasteiger partial charge is 0.0224 e. The predicted octanol–water partition coefficient (Wildman–Crippen LogP) is 2.53. The first kappa shape index (κ1) is 5.61. The summed E-state index contributed by atoms with van der Waals surface area (Å²) in [5, 5.41) is 0. The summed E-state index contributed by atoms with van der Waals surface area (Å²) in [6.07, 6.45) is 7.95. The molecule has 0 heterocycles. The van der Waals surface area contributed by atoms with Crippen LogP contribution in [0.15, 0.2) is 23.8 Å². The second-order valence-corrected chi connectivity index (χ2v) is 2.52. The van der Waals surface area contributed by atoms with E-state index in [1.807, 2.05) is 0 Å².